The summed E-state index contributed by atoms with van der Waals surface area (Å²) < 4.78 is 11.1. The Kier molecular flexibility index (Phi) is 33.1. The lowest BCUT2D eigenvalue weighted by Gasteiger charge is -2.15. The minimum Gasteiger partial charge on any atom is -0.457 e. The van der Waals surface area contributed by atoms with Crippen LogP contribution in [0.25, 0.3) is 0 Å². The quantitative estimate of drug-likeness (QED) is 0.0501. The van der Waals surface area contributed by atoms with Crippen LogP contribution in [0.1, 0.15) is 174 Å². The molecule has 0 aliphatic rings. The second-order valence-corrected chi connectivity index (χ2v) is 11.6. The number of esters is 1. The molecular formula is C36H68O4. The molecule has 0 heterocycles. The van der Waals surface area contributed by atoms with Gasteiger partial charge in [0.1, 0.15) is 6.10 Å². The van der Waals surface area contributed by atoms with Crippen molar-refractivity contribution in [2.75, 3.05) is 19.8 Å². The van der Waals surface area contributed by atoms with E-state index in [4.69, 9.17) is 9.47 Å². The maximum Gasteiger partial charge on any atom is 0.306 e. The third kappa shape index (κ3) is 31.4. The van der Waals surface area contributed by atoms with Gasteiger partial charge in [0, 0.05) is 13.0 Å². The summed E-state index contributed by atoms with van der Waals surface area (Å²) in [6, 6.07) is 0. The number of unbranched alkanes of at least 4 members (excludes halogenated alkanes) is 20. The molecule has 0 aliphatic heterocycles. The molecule has 0 saturated heterocycles. The van der Waals surface area contributed by atoms with Gasteiger partial charge >= 0.3 is 5.97 Å². The van der Waals surface area contributed by atoms with Crippen LogP contribution >= 0.6 is 0 Å². The second kappa shape index (κ2) is 34.1. The molecule has 0 aromatic heterocycles. The summed E-state index contributed by atoms with van der Waals surface area (Å²) >= 11 is 0. The summed E-state index contributed by atoms with van der Waals surface area (Å²) in [6.07, 6.45) is 39.2. The Morgan fingerprint density at radius 3 is 1.57 bits per heavy atom. The van der Waals surface area contributed by atoms with Crippen molar-refractivity contribution in [1.29, 1.82) is 0 Å². The maximum absolute atomic E-state index is 12.1. The zero-order chi connectivity index (χ0) is 29.2. The van der Waals surface area contributed by atoms with E-state index in [1.165, 1.54) is 116 Å². The first kappa shape index (κ1) is 38.9. The van der Waals surface area contributed by atoms with Gasteiger partial charge < -0.3 is 14.6 Å². The van der Waals surface area contributed by atoms with Crippen molar-refractivity contribution in [3.05, 3.63) is 24.3 Å². The van der Waals surface area contributed by atoms with Gasteiger partial charge in [-0.15, -0.1) is 0 Å². The largest absolute Gasteiger partial charge is 0.457 e. The van der Waals surface area contributed by atoms with Gasteiger partial charge in [-0.2, -0.15) is 0 Å². The first-order valence-corrected chi connectivity index (χ1v) is 17.4. The van der Waals surface area contributed by atoms with E-state index in [0.717, 1.165) is 38.5 Å². The van der Waals surface area contributed by atoms with Crippen LogP contribution in [0.5, 0.6) is 0 Å². The van der Waals surface area contributed by atoms with Crippen molar-refractivity contribution in [3.8, 4) is 0 Å². The fourth-order valence-electron chi connectivity index (χ4n) is 4.89. The molecule has 0 amide bonds. The molecule has 0 radical (unpaired) electrons. The number of carbonyl (C=O) groups is 1. The molecule has 0 rings (SSSR count). The van der Waals surface area contributed by atoms with Crippen LogP contribution in [0.3, 0.4) is 0 Å². The SMILES string of the molecule is CCCCCC/C=C\C/C=C\CCCCCCCC(=O)OC(CO)COCCCCCCCCCCCCCC. The maximum atomic E-state index is 12.1. The average molecular weight is 565 g/mol. The Morgan fingerprint density at radius 1 is 0.600 bits per heavy atom. The predicted molar refractivity (Wildman–Crippen MR) is 173 cm³/mol. The molecule has 0 spiro atoms. The molecule has 4 heteroatoms. The molecule has 4 nitrogen and oxygen atoms in total. The lowest BCUT2D eigenvalue weighted by atomic mass is 10.1. The standard InChI is InChI=1S/C36H68O4/c1-3-5-7-9-11-13-15-17-18-19-20-21-23-25-27-29-31-36(38)40-35(33-37)34-39-32-30-28-26-24-22-16-14-12-10-8-6-4-2/h13,15,18-19,35,37H,3-12,14,16-17,20-34H2,1-2H3/b15-13-,19-18-. The van der Waals surface area contributed by atoms with Crippen molar-refractivity contribution in [2.45, 2.75) is 180 Å². The summed E-state index contributed by atoms with van der Waals surface area (Å²) in [5.74, 6) is -0.214. The first-order valence-electron chi connectivity index (χ1n) is 17.4. The molecule has 0 aromatic rings. The fraction of sp³-hybridized carbons (Fsp3) is 0.861. The molecule has 1 N–H and O–H groups in total. The lowest BCUT2D eigenvalue weighted by Crippen LogP contribution is -2.27. The van der Waals surface area contributed by atoms with Crippen molar-refractivity contribution >= 4 is 5.97 Å². The Hall–Kier alpha value is -1.13. The number of ether oxygens (including phenoxy) is 2. The summed E-state index contributed by atoms with van der Waals surface area (Å²) in [4.78, 5) is 12.1. The van der Waals surface area contributed by atoms with Crippen LogP contribution in [-0.2, 0) is 14.3 Å². The number of carbonyl (C=O) groups excluding carboxylic acids is 1. The molecule has 40 heavy (non-hydrogen) atoms. The first-order chi connectivity index (χ1) is 19.7. The topological polar surface area (TPSA) is 55.8 Å². The molecule has 236 valence electrons. The number of rotatable bonds is 32. The second-order valence-electron chi connectivity index (χ2n) is 11.6. The van der Waals surface area contributed by atoms with Crippen molar-refractivity contribution in [2.24, 2.45) is 0 Å². The van der Waals surface area contributed by atoms with Gasteiger partial charge in [-0.1, -0.05) is 147 Å². The summed E-state index contributed by atoms with van der Waals surface area (Å²) in [7, 11) is 0. The highest BCUT2D eigenvalue weighted by molar-refractivity contribution is 5.69. The van der Waals surface area contributed by atoms with E-state index in [1.807, 2.05) is 0 Å². The van der Waals surface area contributed by atoms with E-state index in [1.54, 1.807) is 0 Å². The van der Waals surface area contributed by atoms with Gasteiger partial charge in [-0.05, 0) is 44.9 Å². The monoisotopic (exact) mass is 565 g/mol. The van der Waals surface area contributed by atoms with Crippen molar-refractivity contribution < 1.29 is 19.4 Å². The van der Waals surface area contributed by atoms with E-state index in [9.17, 15) is 9.90 Å². The van der Waals surface area contributed by atoms with Crippen molar-refractivity contribution in [1.82, 2.24) is 0 Å². The number of hydrogen-bond donors (Lipinski definition) is 1. The normalized spacial score (nSPS) is 12.6. The molecule has 0 bridgehead atoms. The highest BCUT2D eigenvalue weighted by Crippen LogP contribution is 2.13. The van der Waals surface area contributed by atoms with E-state index in [0.29, 0.717) is 19.6 Å². The van der Waals surface area contributed by atoms with Gasteiger partial charge in [0.05, 0.1) is 13.2 Å². The number of aliphatic hydroxyl groups is 1. The van der Waals surface area contributed by atoms with E-state index >= 15 is 0 Å². The highest BCUT2D eigenvalue weighted by atomic mass is 16.6. The Bertz CT molecular complexity index is 557. The molecular weight excluding hydrogens is 496 g/mol. The Labute approximate surface area is 249 Å². The van der Waals surface area contributed by atoms with Gasteiger partial charge in [-0.25, -0.2) is 0 Å². The number of hydrogen-bond acceptors (Lipinski definition) is 4. The van der Waals surface area contributed by atoms with E-state index in [-0.39, 0.29) is 12.6 Å². The molecule has 0 aliphatic carbocycles. The number of allylic oxidation sites excluding steroid dienone is 4. The summed E-state index contributed by atoms with van der Waals surface area (Å²) in [5.41, 5.74) is 0. The zero-order valence-electron chi connectivity index (χ0n) is 26.9. The average Bonchev–Trinajstić information content (AvgIpc) is 2.96. The van der Waals surface area contributed by atoms with Gasteiger partial charge in [0.2, 0.25) is 0 Å². The highest BCUT2D eigenvalue weighted by Gasteiger charge is 2.13. The van der Waals surface area contributed by atoms with E-state index < -0.39 is 6.10 Å². The van der Waals surface area contributed by atoms with Crippen LogP contribution in [0, 0.1) is 0 Å². The fourth-order valence-corrected chi connectivity index (χ4v) is 4.89. The van der Waals surface area contributed by atoms with Gasteiger partial charge in [0.25, 0.3) is 0 Å². The molecule has 1 unspecified atom stereocenters. The molecule has 0 fully saturated rings. The van der Waals surface area contributed by atoms with Crippen LogP contribution in [0.2, 0.25) is 0 Å². The zero-order valence-corrected chi connectivity index (χ0v) is 26.9. The third-order valence-corrected chi connectivity index (χ3v) is 7.53. The smallest absolute Gasteiger partial charge is 0.306 e. The third-order valence-electron chi connectivity index (χ3n) is 7.53. The van der Waals surface area contributed by atoms with Gasteiger partial charge in [0.15, 0.2) is 0 Å². The van der Waals surface area contributed by atoms with Crippen LogP contribution < -0.4 is 0 Å². The molecule has 0 saturated carbocycles. The van der Waals surface area contributed by atoms with Crippen LogP contribution in [0.15, 0.2) is 24.3 Å². The molecule has 0 aromatic carbocycles. The van der Waals surface area contributed by atoms with Gasteiger partial charge in [-0.3, -0.25) is 4.79 Å². The van der Waals surface area contributed by atoms with Crippen LogP contribution in [-0.4, -0.2) is 37.0 Å². The van der Waals surface area contributed by atoms with Crippen LogP contribution in [0.4, 0.5) is 0 Å². The summed E-state index contributed by atoms with van der Waals surface area (Å²) in [6.45, 7) is 5.32. The Balaban J connectivity index is 3.47. The lowest BCUT2D eigenvalue weighted by molar-refractivity contribution is -0.154. The van der Waals surface area contributed by atoms with E-state index in [2.05, 4.69) is 38.2 Å². The molecule has 1 atom stereocenters. The minimum absolute atomic E-state index is 0.174. The predicted octanol–water partition coefficient (Wildman–Crippen LogP) is 10.8. The van der Waals surface area contributed by atoms with Crippen molar-refractivity contribution in [3.63, 3.8) is 0 Å². The minimum atomic E-state index is -0.535. The summed E-state index contributed by atoms with van der Waals surface area (Å²) in [5, 5.41) is 9.52. The number of aliphatic hydroxyl groups excluding tert-OH is 1. The Morgan fingerprint density at radius 2 is 1.05 bits per heavy atom.